The number of pyridine rings is 1. The molecule has 0 fully saturated rings. The van der Waals surface area contributed by atoms with Gasteiger partial charge in [-0.3, -0.25) is 4.98 Å². The molecule has 3 N–H and O–H groups in total. The zero-order valence-electron chi connectivity index (χ0n) is 10.1. The SMILES string of the molecule is CCC(C)(CN)Nc1ccc2nccnc2n1. The Bertz CT molecular complexity index is 507. The molecule has 0 spiro atoms. The number of fused-ring (bicyclic) bond motifs is 1. The zero-order valence-corrected chi connectivity index (χ0v) is 10.1. The Hall–Kier alpha value is -1.75. The van der Waals surface area contributed by atoms with E-state index in [-0.39, 0.29) is 5.54 Å². The van der Waals surface area contributed by atoms with Gasteiger partial charge in [0.15, 0.2) is 5.65 Å². The van der Waals surface area contributed by atoms with Gasteiger partial charge in [0.05, 0.1) is 0 Å². The van der Waals surface area contributed by atoms with Crippen molar-refractivity contribution in [3.05, 3.63) is 24.5 Å². The second kappa shape index (κ2) is 4.63. The van der Waals surface area contributed by atoms with Crippen LogP contribution >= 0.6 is 0 Å². The van der Waals surface area contributed by atoms with Crippen molar-refractivity contribution in [2.75, 3.05) is 11.9 Å². The number of hydrogen-bond acceptors (Lipinski definition) is 5. The van der Waals surface area contributed by atoms with Gasteiger partial charge in [0, 0.05) is 24.5 Å². The normalized spacial score (nSPS) is 14.5. The predicted molar refractivity (Wildman–Crippen MR) is 68.7 cm³/mol. The van der Waals surface area contributed by atoms with E-state index in [1.165, 1.54) is 0 Å². The quantitative estimate of drug-likeness (QED) is 0.835. The smallest absolute Gasteiger partial charge is 0.180 e. The first-order valence-corrected chi connectivity index (χ1v) is 5.73. The molecule has 1 atom stereocenters. The molecule has 90 valence electrons. The van der Waals surface area contributed by atoms with Gasteiger partial charge < -0.3 is 11.1 Å². The van der Waals surface area contributed by atoms with Crippen molar-refractivity contribution in [3.8, 4) is 0 Å². The molecule has 0 saturated carbocycles. The average Bonchev–Trinajstić information content (AvgIpc) is 2.38. The van der Waals surface area contributed by atoms with E-state index in [9.17, 15) is 0 Å². The Balaban J connectivity index is 2.31. The van der Waals surface area contributed by atoms with Crippen LogP contribution < -0.4 is 11.1 Å². The largest absolute Gasteiger partial charge is 0.364 e. The van der Waals surface area contributed by atoms with E-state index in [0.717, 1.165) is 17.8 Å². The fourth-order valence-electron chi connectivity index (χ4n) is 1.52. The van der Waals surface area contributed by atoms with Crippen molar-refractivity contribution in [2.24, 2.45) is 5.73 Å². The fourth-order valence-corrected chi connectivity index (χ4v) is 1.52. The van der Waals surface area contributed by atoms with Crippen molar-refractivity contribution in [2.45, 2.75) is 25.8 Å². The minimum Gasteiger partial charge on any atom is -0.364 e. The summed E-state index contributed by atoms with van der Waals surface area (Å²) in [6.45, 7) is 4.74. The van der Waals surface area contributed by atoms with E-state index in [1.807, 2.05) is 12.1 Å². The molecular formula is C12H17N5. The number of nitrogens with one attached hydrogen (secondary N) is 1. The number of hydrogen-bond donors (Lipinski definition) is 2. The highest BCUT2D eigenvalue weighted by Crippen LogP contribution is 2.17. The maximum Gasteiger partial charge on any atom is 0.180 e. The highest BCUT2D eigenvalue weighted by Gasteiger charge is 2.19. The summed E-state index contributed by atoms with van der Waals surface area (Å²) in [5.74, 6) is 0.785. The van der Waals surface area contributed by atoms with Crippen molar-refractivity contribution < 1.29 is 0 Å². The van der Waals surface area contributed by atoms with E-state index in [4.69, 9.17) is 5.73 Å². The maximum absolute atomic E-state index is 5.76. The summed E-state index contributed by atoms with van der Waals surface area (Å²) < 4.78 is 0. The first-order valence-electron chi connectivity index (χ1n) is 5.73. The molecule has 0 amide bonds. The van der Waals surface area contributed by atoms with E-state index < -0.39 is 0 Å². The highest BCUT2D eigenvalue weighted by atomic mass is 15.1. The maximum atomic E-state index is 5.76. The Morgan fingerprint density at radius 1 is 1.29 bits per heavy atom. The number of nitrogens with zero attached hydrogens (tertiary/aromatic N) is 3. The Morgan fingerprint density at radius 2 is 2.06 bits per heavy atom. The minimum atomic E-state index is -0.136. The summed E-state index contributed by atoms with van der Waals surface area (Å²) in [5, 5.41) is 3.34. The molecule has 0 radical (unpaired) electrons. The molecule has 2 aromatic rings. The van der Waals surface area contributed by atoms with Crippen LogP contribution in [-0.4, -0.2) is 27.0 Å². The molecule has 5 nitrogen and oxygen atoms in total. The van der Waals surface area contributed by atoms with Crippen molar-refractivity contribution in [3.63, 3.8) is 0 Å². The summed E-state index contributed by atoms with van der Waals surface area (Å²) in [6, 6.07) is 3.81. The zero-order chi connectivity index (χ0) is 12.3. The number of rotatable bonds is 4. The van der Waals surface area contributed by atoms with E-state index in [1.54, 1.807) is 12.4 Å². The number of nitrogens with two attached hydrogens (primary N) is 1. The van der Waals surface area contributed by atoms with Crippen molar-refractivity contribution in [1.82, 2.24) is 15.0 Å². The molecule has 5 heteroatoms. The van der Waals surface area contributed by atoms with Crippen LogP contribution in [0.15, 0.2) is 24.5 Å². The molecule has 0 aliphatic rings. The average molecular weight is 231 g/mol. The molecule has 0 saturated heterocycles. The molecule has 0 aromatic carbocycles. The Kier molecular flexibility index (Phi) is 3.19. The monoisotopic (exact) mass is 231 g/mol. The number of aromatic nitrogens is 3. The van der Waals surface area contributed by atoms with Gasteiger partial charge in [-0.2, -0.15) is 0 Å². The lowest BCUT2D eigenvalue weighted by Gasteiger charge is -2.28. The van der Waals surface area contributed by atoms with Gasteiger partial charge in [-0.15, -0.1) is 0 Å². The van der Waals surface area contributed by atoms with Crippen LogP contribution in [0.5, 0.6) is 0 Å². The summed E-state index contributed by atoms with van der Waals surface area (Å²) >= 11 is 0. The van der Waals surface area contributed by atoms with Crippen LogP contribution in [-0.2, 0) is 0 Å². The van der Waals surface area contributed by atoms with Crippen LogP contribution in [0.3, 0.4) is 0 Å². The fraction of sp³-hybridized carbons (Fsp3) is 0.417. The van der Waals surface area contributed by atoms with Gasteiger partial charge in [-0.25, -0.2) is 9.97 Å². The third-order valence-electron chi connectivity index (χ3n) is 2.99. The van der Waals surface area contributed by atoms with Crippen LogP contribution in [0.25, 0.3) is 11.2 Å². The van der Waals surface area contributed by atoms with Crippen molar-refractivity contribution >= 4 is 17.0 Å². The molecule has 0 aliphatic carbocycles. The van der Waals surface area contributed by atoms with Gasteiger partial charge in [0.2, 0.25) is 0 Å². The molecule has 17 heavy (non-hydrogen) atoms. The van der Waals surface area contributed by atoms with Gasteiger partial charge in [0.25, 0.3) is 0 Å². The molecule has 0 aliphatic heterocycles. The Morgan fingerprint density at radius 3 is 2.76 bits per heavy atom. The van der Waals surface area contributed by atoms with Crippen LogP contribution in [0.2, 0.25) is 0 Å². The van der Waals surface area contributed by atoms with Crippen LogP contribution in [0.1, 0.15) is 20.3 Å². The lowest BCUT2D eigenvalue weighted by Crippen LogP contribution is -2.42. The predicted octanol–water partition coefficient (Wildman–Crippen LogP) is 1.56. The van der Waals surface area contributed by atoms with Gasteiger partial charge in [-0.05, 0) is 25.5 Å². The minimum absolute atomic E-state index is 0.136. The van der Waals surface area contributed by atoms with Crippen LogP contribution in [0, 0.1) is 0 Å². The topological polar surface area (TPSA) is 76.7 Å². The second-order valence-corrected chi connectivity index (χ2v) is 4.34. The summed E-state index contributed by atoms with van der Waals surface area (Å²) in [6.07, 6.45) is 4.23. The molecular weight excluding hydrogens is 214 g/mol. The molecule has 2 heterocycles. The van der Waals surface area contributed by atoms with Gasteiger partial charge in [-0.1, -0.05) is 6.92 Å². The first kappa shape index (κ1) is 11.7. The van der Waals surface area contributed by atoms with Gasteiger partial charge in [0.1, 0.15) is 11.3 Å². The Labute approximate surface area is 100 Å². The third kappa shape index (κ3) is 2.50. The van der Waals surface area contributed by atoms with Crippen molar-refractivity contribution in [1.29, 1.82) is 0 Å². The summed E-state index contributed by atoms with van der Waals surface area (Å²) in [5.41, 5.74) is 7.07. The molecule has 2 aromatic heterocycles. The summed E-state index contributed by atoms with van der Waals surface area (Å²) in [7, 11) is 0. The second-order valence-electron chi connectivity index (χ2n) is 4.34. The third-order valence-corrected chi connectivity index (χ3v) is 2.99. The van der Waals surface area contributed by atoms with E-state index in [0.29, 0.717) is 12.2 Å². The molecule has 0 bridgehead atoms. The van der Waals surface area contributed by atoms with E-state index >= 15 is 0 Å². The molecule has 2 rings (SSSR count). The van der Waals surface area contributed by atoms with Gasteiger partial charge >= 0.3 is 0 Å². The first-order chi connectivity index (χ1) is 8.17. The van der Waals surface area contributed by atoms with E-state index in [2.05, 4.69) is 34.1 Å². The lowest BCUT2D eigenvalue weighted by atomic mass is 9.99. The lowest BCUT2D eigenvalue weighted by molar-refractivity contribution is 0.505. The highest BCUT2D eigenvalue weighted by molar-refractivity contribution is 5.71. The standard InChI is InChI=1S/C12H17N5/c1-3-12(2,8-13)17-10-5-4-9-11(16-10)15-7-6-14-9/h4-7H,3,8,13H2,1-2H3,(H,15,16,17). The molecule has 1 unspecified atom stereocenters. The number of anilines is 1. The van der Waals surface area contributed by atoms with Crippen LogP contribution in [0.4, 0.5) is 5.82 Å². The summed E-state index contributed by atoms with van der Waals surface area (Å²) in [4.78, 5) is 12.8.